The van der Waals surface area contributed by atoms with Crippen molar-refractivity contribution in [3.8, 4) is 0 Å². The number of aryl methyl sites for hydroxylation is 2. The largest absolute Gasteiger partial charge is 0.368 e. The minimum atomic E-state index is 0.402. The number of nitrogen functional groups attached to an aromatic ring is 1. The molecule has 1 aromatic rings. The fourth-order valence-corrected chi connectivity index (χ4v) is 1.50. The first-order chi connectivity index (χ1) is 6.65. The summed E-state index contributed by atoms with van der Waals surface area (Å²) in [6.07, 6.45) is 4.70. The average molecular weight is 193 g/mol. The van der Waals surface area contributed by atoms with Gasteiger partial charge in [-0.2, -0.15) is 0 Å². The van der Waals surface area contributed by atoms with Crippen LogP contribution < -0.4 is 5.73 Å². The molecule has 0 aliphatic carbocycles. The van der Waals surface area contributed by atoms with Crippen molar-refractivity contribution in [2.24, 2.45) is 0 Å². The molecule has 0 atom stereocenters. The van der Waals surface area contributed by atoms with E-state index >= 15 is 0 Å². The van der Waals surface area contributed by atoms with Crippen LogP contribution in [-0.4, -0.2) is 9.97 Å². The van der Waals surface area contributed by atoms with Gasteiger partial charge < -0.3 is 5.73 Å². The van der Waals surface area contributed by atoms with Crippen molar-refractivity contribution in [3.05, 3.63) is 17.0 Å². The molecule has 0 fully saturated rings. The van der Waals surface area contributed by atoms with Gasteiger partial charge in [0.25, 0.3) is 0 Å². The summed E-state index contributed by atoms with van der Waals surface area (Å²) in [7, 11) is 0. The number of hydrogen-bond donors (Lipinski definition) is 1. The number of aromatic nitrogens is 2. The summed E-state index contributed by atoms with van der Waals surface area (Å²) in [5.41, 5.74) is 8.92. The van der Waals surface area contributed by atoms with E-state index in [-0.39, 0.29) is 0 Å². The van der Waals surface area contributed by atoms with Crippen LogP contribution in [0, 0.1) is 13.8 Å². The van der Waals surface area contributed by atoms with Crippen LogP contribution in [0.25, 0.3) is 0 Å². The van der Waals surface area contributed by atoms with E-state index in [4.69, 9.17) is 5.73 Å². The summed E-state index contributed by atoms with van der Waals surface area (Å²) in [6, 6.07) is 0. The van der Waals surface area contributed by atoms with Gasteiger partial charge in [-0.1, -0.05) is 19.8 Å². The van der Waals surface area contributed by atoms with Gasteiger partial charge in [-0.25, -0.2) is 9.97 Å². The first-order valence-electron chi connectivity index (χ1n) is 5.24. The number of hydrogen-bond acceptors (Lipinski definition) is 3. The quantitative estimate of drug-likeness (QED) is 0.747. The summed E-state index contributed by atoms with van der Waals surface area (Å²) in [5.74, 6) is 0.402. The Morgan fingerprint density at radius 1 is 1.14 bits per heavy atom. The molecule has 78 valence electrons. The van der Waals surface area contributed by atoms with Crippen molar-refractivity contribution in [1.29, 1.82) is 0 Å². The van der Waals surface area contributed by atoms with Crippen LogP contribution in [0.15, 0.2) is 0 Å². The highest BCUT2D eigenvalue weighted by Crippen LogP contribution is 2.13. The van der Waals surface area contributed by atoms with Crippen LogP contribution in [-0.2, 0) is 6.42 Å². The van der Waals surface area contributed by atoms with E-state index in [1.165, 1.54) is 24.8 Å². The maximum Gasteiger partial charge on any atom is 0.220 e. The third-order valence-electron chi connectivity index (χ3n) is 2.52. The second-order valence-corrected chi connectivity index (χ2v) is 3.70. The molecule has 3 heteroatoms. The summed E-state index contributed by atoms with van der Waals surface area (Å²) in [5, 5.41) is 0. The Labute approximate surface area is 85.8 Å². The third kappa shape index (κ3) is 2.69. The van der Waals surface area contributed by atoms with Crippen molar-refractivity contribution < 1.29 is 0 Å². The fourth-order valence-electron chi connectivity index (χ4n) is 1.50. The Morgan fingerprint density at radius 2 is 1.86 bits per heavy atom. The van der Waals surface area contributed by atoms with Crippen molar-refractivity contribution in [2.75, 3.05) is 5.73 Å². The smallest absolute Gasteiger partial charge is 0.220 e. The maximum atomic E-state index is 5.61. The third-order valence-corrected chi connectivity index (χ3v) is 2.52. The summed E-state index contributed by atoms with van der Waals surface area (Å²) in [4.78, 5) is 8.40. The summed E-state index contributed by atoms with van der Waals surface area (Å²) < 4.78 is 0. The normalized spacial score (nSPS) is 10.5. The molecule has 14 heavy (non-hydrogen) atoms. The average Bonchev–Trinajstić information content (AvgIpc) is 2.13. The van der Waals surface area contributed by atoms with Crippen LogP contribution in [0.1, 0.15) is 43.1 Å². The highest BCUT2D eigenvalue weighted by molar-refractivity contribution is 5.30. The van der Waals surface area contributed by atoms with Gasteiger partial charge >= 0.3 is 0 Å². The molecule has 0 aromatic carbocycles. The van der Waals surface area contributed by atoms with Crippen LogP contribution >= 0.6 is 0 Å². The Hall–Kier alpha value is -1.12. The molecular weight excluding hydrogens is 174 g/mol. The fraction of sp³-hybridized carbons (Fsp3) is 0.636. The minimum Gasteiger partial charge on any atom is -0.368 e. The molecule has 0 spiro atoms. The van der Waals surface area contributed by atoms with Gasteiger partial charge in [0.2, 0.25) is 5.95 Å². The molecule has 0 aliphatic heterocycles. The first-order valence-corrected chi connectivity index (χ1v) is 5.24. The number of anilines is 1. The van der Waals surface area contributed by atoms with E-state index in [1.807, 2.05) is 6.92 Å². The van der Waals surface area contributed by atoms with Gasteiger partial charge in [0, 0.05) is 11.4 Å². The number of unbranched alkanes of at least 4 members (excludes halogenated alkanes) is 2. The van der Waals surface area contributed by atoms with Crippen LogP contribution in [0.4, 0.5) is 5.95 Å². The number of nitrogens with two attached hydrogens (primary N) is 1. The molecule has 0 saturated carbocycles. The highest BCUT2D eigenvalue weighted by atomic mass is 15.0. The zero-order valence-corrected chi connectivity index (χ0v) is 9.30. The lowest BCUT2D eigenvalue weighted by Crippen LogP contribution is -2.04. The molecule has 0 unspecified atom stereocenters. The minimum absolute atomic E-state index is 0.402. The second-order valence-electron chi connectivity index (χ2n) is 3.70. The van der Waals surface area contributed by atoms with Crippen LogP contribution in [0.2, 0.25) is 0 Å². The van der Waals surface area contributed by atoms with E-state index in [9.17, 15) is 0 Å². The molecular formula is C11H19N3. The number of nitrogens with zero attached hydrogens (tertiary/aromatic N) is 2. The molecule has 1 heterocycles. The topological polar surface area (TPSA) is 51.8 Å². The Bertz CT molecular complexity index is 308. The van der Waals surface area contributed by atoms with Crippen molar-refractivity contribution >= 4 is 5.95 Å². The van der Waals surface area contributed by atoms with E-state index in [1.54, 1.807) is 0 Å². The van der Waals surface area contributed by atoms with Crippen LogP contribution in [0.3, 0.4) is 0 Å². The van der Waals surface area contributed by atoms with Crippen molar-refractivity contribution in [3.63, 3.8) is 0 Å². The van der Waals surface area contributed by atoms with E-state index < -0.39 is 0 Å². The van der Waals surface area contributed by atoms with Gasteiger partial charge in [0.15, 0.2) is 0 Å². The number of rotatable bonds is 4. The van der Waals surface area contributed by atoms with Gasteiger partial charge in [-0.15, -0.1) is 0 Å². The monoisotopic (exact) mass is 193 g/mol. The Kier molecular flexibility index (Phi) is 3.86. The molecule has 0 saturated heterocycles. The molecule has 0 radical (unpaired) electrons. The van der Waals surface area contributed by atoms with Gasteiger partial charge in [0.05, 0.1) is 0 Å². The summed E-state index contributed by atoms with van der Waals surface area (Å²) in [6.45, 7) is 6.25. The molecule has 0 bridgehead atoms. The highest BCUT2D eigenvalue weighted by Gasteiger charge is 2.05. The van der Waals surface area contributed by atoms with Gasteiger partial charge in [0.1, 0.15) is 0 Å². The SMILES string of the molecule is CCCCCc1nc(N)nc(C)c1C. The Morgan fingerprint density at radius 3 is 2.50 bits per heavy atom. The van der Waals surface area contributed by atoms with E-state index in [0.717, 1.165) is 17.8 Å². The lowest BCUT2D eigenvalue weighted by molar-refractivity contribution is 0.702. The molecule has 1 aromatic heterocycles. The first kappa shape index (κ1) is 11.0. The maximum absolute atomic E-state index is 5.61. The lowest BCUT2D eigenvalue weighted by atomic mass is 10.1. The van der Waals surface area contributed by atoms with Gasteiger partial charge in [-0.3, -0.25) is 0 Å². The second kappa shape index (κ2) is 4.94. The Balaban J connectivity index is 2.75. The molecule has 2 N–H and O–H groups in total. The summed E-state index contributed by atoms with van der Waals surface area (Å²) >= 11 is 0. The van der Waals surface area contributed by atoms with Gasteiger partial charge in [-0.05, 0) is 32.3 Å². The standard InChI is InChI=1S/C11H19N3/c1-4-5-6-7-10-8(2)9(3)13-11(12)14-10/h4-7H2,1-3H3,(H2,12,13,14). The zero-order chi connectivity index (χ0) is 10.6. The predicted octanol–water partition coefficient (Wildman–Crippen LogP) is 2.41. The predicted molar refractivity (Wildman–Crippen MR) is 59.1 cm³/mol. The molecule has 0 amide bonds. The lowest BCUT2D eigenvalue weighted by Gasteiger charge is -2.07. The molecule has 0 aliphatic rings. The van der Waals surface area contributed by atoms with E-state index in [2.05, 4.69) is 23.8 Å². The van der Waals surface area contributed by atoms with E-state index in [0.29, 0.717) is 5.95 Å². The van der Waals surface area contributed by atoms with Crippen molar-refractivity contribution in [1.82, 2.24) is 9.97 Å². The molecule has 3 nitrogen and oxygen atoms in total. The zero-order valence-electron chi connectivity index (χ0n) is 9.30. The van der Waals surface area contributed by atoms with Crippen molar-refractivity contribution in [2.45, 2.75) is 46.5 Å². The van der Waals surface area contributed by atoms with Crippen LogP contribution in [0.5, 0.6) is 0 Å². The molecule has 1 rings (SSSR count).